The van der Waals surface area contributed by atoms with Crippen LogP contribution in [-0.2, 0) is 17.6 Å². The number of hydrogen-bond acceptors (Lipinski definition) is 6. The van der Waals surface area contributed by atoms with E-state index in [9.17, 15) is 4.79 Å². The van der Waals surface area contributed by atoms with E-state index in [4.69, 9.17) is 4.52 Å². The molecule has 6 nitrogen and oxygen atoms in total. The van der Waals surface area contributed by atoms with E-state index < -0.39 is 0 Å². The molecular weight excluding hydrogens is 384 g/mol. The zero-order valence-corrected chi connectivity index (χ0v) is 17.3. The monoisotopic (exact) mass is 410 g/mol. The summed E-state index contributed by atoms with van der Waals surface area (Å²) in [6.45, 7) is 4.49. The Bertz CT molecular complexity index is 887. The first-order valence-corrected chi connectivity index (χ1v) is 11.1. The summed E-state index contributed by atoms with van der Waals surface area (Å²) in [6.07, 6.45) is 3.17. The van der Waals surface area contributed by atoms with Gasteiger partial charge >= 0.3 is 0 Å². The van der Waals surface area contributed by atoms with Crippen LogP contribution in [0.25, 0.3) is 10.7 Å². The first-order valence-electron chi connectivity index (χ1n) is 10.2. The number of thiophene rings is 1. The topological polar surface area (TPSA) is 62.5 Å². The number of aryl methyl sites for hydroxylation is 2. The van der Waals surface area contributed by atoms with Gasteiger partial charge in [0.15, 0.2) is 0 Å². The van der Waals surface area contributed by atoms with Crippen molar-refractivity contribution in [2.45, 2.75) is 25.7 Å². The Morgan fingerprint density at radius 2 is 1.86 bits per heavy atom. The molecule has 0 aliphatic carbocycles. The molecular formula is C22H26N4O2S. The zero-order valence-electron chi connectivity index (χ0n) is 16.5. The lowest BCUT2D eigenvalue weighted by molar-refractivity contribution is -0.132. The largest absolute Gasteiger partial charge is 0.340 e. The summed E-state index contributed by atoms with van der Waals surface area (Å²) >= 11 is 1.62. The highest BCUT2D eigenvalue weighted by Crippen LogP contribution is 2.21. The molecule has 3 aromatic rings. The van der Waals surface area contributed by atoms with Gasteiger partial charge in [-0.05, 0) is 36.4 Å². The van der Waals surface area contributed by atoms with Crippen LogP contribution in [0.4, 0.5) is 0 Å². The van der Waals surface area contributed by atoms with Crippen molar-refractivity contribution < 1.29 is 9.32 Å². The van der Waals surface area contributed by atoms with Crippen LogP contribution in [0.15, 0.2) is 52.4 Å². The third kappa shape index (κ3) is 5.52. The van der Waals surface area contributed by atoms with E-state index in [2.05, 4.69) is 27.2 Å². The van der Waals surface area contributed by atoms with Crippen LogP contribution >= 0.6 is 11.3 Å². The molecule has 1 aliphatic heterocycles. The van der Waals surface area contributed by atoms with Gasteiger partial charge in [0.2, 0.25) is 17.6 Å². The van der Waals surface area contributed by atoms with Crippen molar-refractivity contribution >= 4 is 17.2 Å². The highest BCUT2D eigenvalue weighted by atomic mass is 32.1. The minimum atomic E-state index is 0.264. The molecule has 0 spiro atoms. The van der Waals surface area contributed by atoms with Crippen molar-refractivity contribution in [1.29, 1.82) is 0 Å². The second-order valence-corrected chi connectivity index (χ2v) is 8.25. The fraction of sp³-hybridized carbons (Fsp3) is 0.409. The maximum absolute atomic E-state index is 12.5. The first-order chi connectivity index (χ1) is 14.3. The van der Waals surface area contributed by atoms with Crippen molar-refractivity contribution in [3.63, 3.8) is 0 Å². The zero-order chi connectivity index (χ0) is 19.9. The van der Waals surface area contributed by atoms with E-state index in [1.807, 2.05) is 40.6 Å². The van der Waals surface area contributed by atoms with Gasteiger partial charge in [0.25, 0.3) is 0 Å². The molecule has 152 valence electrons. The SMILES string of the molecule is O=C(CCc1ccccc1)N1CCN(CCCc2nc(-c3cccs3)no2)CC1. The highest BCUT2D eigenvalue weighted by molar-refractivity contribution is 7.13. The minimum Gasteiger partial charge on any atom is -0.340 e. The second kappa shape index (κ2) is 9.80. The van der Waals surface area contributed by atoms with Gasteiger partial charge in [0, 0.05) is 39.0 Å². The molecule has 4 rings (SSSR count). The molecule has 1 amide bonds. The number of nitrogens with zero attached hydrogens (tertiary/aromatic N) is 4. The van der Waals surface area contributed by atoms with Crippen molar-refractivity contribution in [1.82, 2.24) is 19.9 Å². The highest BCUT2D eigenvalue weighted by Gasteiger charge is 2.20. The van der Waals surface area contributed by atoms with E-state index >= 15 is 0 Å². The summed E-state index contributed by atoms with van der Waals surface area (Å²) in [5.74, 6) is 1.64. The summed E-state index contributed by atoms with van der Waals surface area (Å²) in [5, 5.41) is 6.07. The summed E-state index contributed by atoms with van der Waals surface area (Å²) in [7, 11) is 0. The van der Waals surface area contributed by atoms with Crippen molar-refractivity contribution in [2.75, 3.05) is 32.7 Å². The smallest absolute Gasteiger partial charge is 0.227 e. The maximum Gasteiger partial charge on any atom is 0.227 e. The number of carbonyl (C=O) groups excluding carboxylic acids is 1. The van der Waals surface area contributed by atoms with E-state index in [1.54, 1.807) is 11.3 Å². The standard InChI is InChI=1S/C22H26N4O2S/c27-21(11-10-18-6-2-1-3-7-18)26-15-13-25(14-16-26)12-4-9-20-23-22(24-28-20)19-8-5-17-29-19/h1-3,5-8,17H,4,9-16H2. The molecule has 1 aliphatic rings. The van der Waals surface area contributed by atoms with Gasteiger partial charge in [-0.25, -0.2) is 0 Å². The van der Waals surface area contributed by atoms with Crippen LogP contribution in [0, 0.1) is 0 Å². The third-order valence-corrected chi connectivity index (χ3v) is 6.14. The number of aromatic nitrogens is 2. The number of carbonyl (C=O) groups is 1. The van der Waals surface area contributed by atoms with Gasteiger partial charge < -0.3 is 9.42 Å². The van der Waals surface area contributed by atoms with Crippen LogP contribution in [0.2, 0.25) is 0 Å². The van der Waals surface area contributed by atoms with Gasteiger partial charge in [-0.2, -0.15) is 4.98 Å². The first kappa shape index (κ1) is 19.8. The molecule has 29 heavy (non-hydrogen) atoms. The molecule has 1 aromatic carbocycles. The van der Waals surface area contributed by atoms with Crippen molar-refractivity contribution in [3.8, 4) is 10.7 Å². The van der Waals surface area contributed by atoms with Crippen molar-refractivity contribution in [3.05, 3.63) is 59.3 Å². The molecule has 0 radical (unpaired) electrons. The quantitative estimate of drug-likeness (QED) is 0.569. The Hall–Kier alpha value is -2.51. The van der Waals surface area contributed by atoms with E-state index in [0.29, 0.717) is 18.1 Å². The van der Waals surface area contributed by atoms with Gasteiger partial charge in [0.05, 0.1) is 4.88 Å². The van der Waals surface area contributed by atoms with Gasteiger partial charge in [-0.15, -0.1) is 11.3 Å². The molecule has 0 saturated carbocycles. The van der Waals surface area contributed by atoms with Gasteiger partial charge in [-0.3, -0.25) is 9.69 Å². The number of benzene rings is 1. The lowest BCUT2D eigenvalue weighted by Gasteiger charge is -2.34. The molecule has 7 heteroatoms. The molecule has 3 heterocycles. The fourth-order valence-corrected chi connectivity index (χ4v) is 4.24. The summed E-state index contributed by atoms with van der Waals surface area (Å²) in [5.41, 5.74) is 1.22. The summed E-state index contributed by atoms with van der Waals surface area (Å²) in [4.78, 5) is 22.4. The molecule has 0 N–H and O–H groups in total. The van der Waals surface area contributed by atoms with Crippen LogP contribution in [0.5, 0.6) is 0 Å². The van der Waals surface area contributed by atoms with E-state index in [-0.39, 0.29) is 5.91 Å². The number of piperazine rings is 1. The minimum absolute atomic E-state index is 0.264. The Balaban J connectivity index is 1.14. The van der Waals surface area contributed by atoms with Crippen molar-refractivity contribution in [2.24, 2.45) is 0 Å². The Kier molecular flexibility index (Phi) is 6.69. The number of amides is 1. The summed E-state index contributed by atoms with van der Waals surface area (Å²) < 4.78 is 5.36. The summed E-state index contributed by atoms with van der Waals surface area (Å²) in [6, 6.07) is 14.2. The average molecular weight is 411 g/mol. The van der Waals surface area contributed by atoms with Crippen LogP contribution < -0.4 is 0 Å². The molecule has 0 unspecified atom stereocenters. The average Bonchev–Trinajstić information content (AvgIpc) is 3.45. The maximum atomic E-state index is 12.5. The van der Waals surface area contributed by atoms with Crippen LogP contribution in [0.3, 0.4) is 0 Å². The lowest BCUT2D eigenvalue weighted by Crippen LogP contribution is -2.48. The molecule has 0 atom stereocenters. The van der Waals surface area contributed by atoms with E-state index in [0.717, 1.165) is 56.9 Å². The lowest BCUT2D eigenvalue weighted by atomic mass is 10.1. The van der Waals surface area contributed by atoms with Gasteiger partial charge in [-0.1, -0.05) is 41.6 Å². The number of hydrogen-bond donors (Lipinski definition) is 0. The van der Waals surface area contributed by atoms with Crippen LogP contribution in [0.1, 0.15) is 24.3 Å². The molecule has 1 fully saturated rings. The third-order valence-electron chi connectivity index (χ3n) is 5.27. The Morgan fingerprint density at radius 3 is 2.62 bits per heavy atom. The predicted octanol–water partition coefficient (Wildman–Crippen LogP) is 3.51. The fourth-order valence-electron chi connectivity index (χ4n) is 3.59. The molecule has 1 saturated heterocycles. The van der Waals surface area contributed by atoms with Gasteiger partial charge in [0.1, 0.15) is 0 Å². The normalized spacial score (nSPS) is 15.0. The predicted molar refractivity (Wildman–Crippen MR) is 114 cm³/mol. The number of rotatable bonds is 8. The molecule has 2 aromatic heterocycles. The Morgan fingerprint density at radius 1 is 1.03 bits per heavy atom. The molecule has 0 bridgehead atoms. The van der Waals surface area contributed by atoms with E-state index in [1.165, 1.54) is 5.56 Å². The second-order valence-electron chi connectivity index (χ2n) is 7.30. The Labute approximate surface area is 175 Å². The van der Waals surface area contributed by atoms with Crippen LogP contribution in [-0.4, -0.2) is 58.6 Å².